The smallest absolute Gasteiger partial charge is 0.416 e. The quantitative estimate of drug-likeness (QED) is 0.111. The average Bonchev–Trinajstić information content (AvgIpc) is 3.76. The van der Waals surface area contributed by atoms with E-state index >= 15 is 0 Å². The summed E-state index contributed by atoms with van der Waals surface area (Å²) in [4.78, 5) is 54.7. The number of nitrogens with two attached hydrogens (primary N) is 1. The molecule has 0 spiro atoms. The average molecular weight is 856 g/mol. The highest BCUT2D eigenvalue weighted by Gasteiger charge is 2.33. The van der Waals surface area contributed by atoms with Gasteiger partial charge in [0.25, 0.3) is 17.7 Å². The maximum Gasteiger partial charge on any atom is 0.416 e. The lowest BCUT2D eigenvalue weighted by Gasteiger charge is -2.08. The van der Waals surface area contributed by atoms with Gasteiger partial charge in [-0.25, -0.2) is 32.3 Å². The van der Waals surface area contributed by atoms with Crippen LogP contribution in [-0.2, 0) is 12.4 Å². The normalized spacial score (nSPS) is 11.3. The molecule has 0 aliphatic carbocycles. The van der Waals surface area contributed by atoms with E-state index in [0.717, 1.165) is 72.8 Å². The Balaban J connectivity index is 0.000000221. The van der Waals surface area contributed by atoms with E-state index in [1.54, 1.807) is 0 Å². The molecule has 0 saturated carbocycles. The molecule has 22 heteroatoms. The van der Waals surface area contributed by atoms with Gasteiger partial charge < -0.3 is 10.8 Å². The lowest BCUT2D eigenvalue weighted by molar-refractivity contribution is -0.138. The van der Waals surface area contributed by atoms with Crippen LogP contribution in [0, 0.1) is 23.3 Å². The van der Waals surface area contributed by atoms with Crippen molar-refractivity contribution in [1.82, 2.24) is 9.97 Å². The van der Waals surface area contributed by atoms with Gasteiger partial charge in [0, 0.05) is 0 Å². The van der Waals surface area contributed by atoms with Crippen LogP contribution in [0.3, 0.4) is 0 Å². The molecule has 0 unspecified atom stereocenters. The number of hydrogen-bond donors (Lipinski definition) is 4. The van der Waals surface area contributed by atoms with E-state index in [0.29, 0.717) is 22.7 Å². The molecule has 0 fully saturated rings. The van der Waals surface area contributed by atoms with E-state index in [1.165, 1.54) is 12.1 Å². The number of nitrogens with zero attached hydrogens (tertiary/aromatic N) is 2. The van der Waals surface area contributed by atoms with Crippen LogP contribution in [0.1, 0.15) is 52.8 Å². The molecule has 0 aliphatic rings. The number of hydrogen-bond acceptors (Lipinski definition) is 8. The highest BCUT2D eigenvalue weighted by Crippen LogP contribution is 2.39. The largest absolute Gasteiger partial charge is 0.476 e. The van der Waals surface area contributed by atoms with Crippen LogP contribution in [0.15, 0.2) is 84.9 Å². The predicted octanol–water partition coefficient (Wildman–Crippen LogP) is 9.52. The molecule has 2 heterocycles. The number of thiazole rings is 2. The summed E-state index contributed by atoms with van der Waals surface area (Å²) in [7, 11) is 0. The molecular formula is C36H19F10N5O5S2. The predicted molar refractivity (Wildman–Crippen MR) is 189 cm³/mol. The van der Waals surface area contributed by atoms with Gasteiger partial charge in [-0.15, -0.1) is 0 Å². The van der Waals surface area contributed by atoms with Crippen LogP contribution in [0.2, 0.25) is 0 Å². The molecule has 300 valence electrons. The fourth-order valence-corrected chi connectivity index (χ4v) is 6.78. The van der Waals surface area contributed by atoms with E-state index in [1.807, 2.05) is 0 Å². The minimum atomic E-state index is -4.65. The number of primary amides is 1. The number of carbonyl (C=O) groups excluding carboxylic acids is 3. The lowest BCUT2D eigenvalue weighted by atomic mass is 10.1. The van der Waals surface area contributed by atoms with E-state index in [9.17, 15) is 68.2 Å². The Labute approximate surface area is 325 Å². The summed E-state index contributed by atoms with van der Waals surface area (Å²) in [6.07, 6.45) is -9.27. The second-order valence-electron chi connectivity index (χ2n) is 11.3. The molecule has 5 N–H and O–H groups in total. The van der Waals surface area contributed by atoms with Gasteiger partial charge in [-0.1, -0.05) is 59.1 Å². The Hall–Kier alpha value is -6.68. The molecule has 0 radical (unpaired) electrons. The second kappa shape index (κ2) is 16.8. The molecule has 58 heavy (non-hydrogen) atoms. The van der Waals surface area contributed by atoms with Crippen molar-refractivity contribution in [1.29, 1.82) is 0 Å². The number of aromatic carboxylic acids is 1. The molecule has 0 atom stereocenters. The van der Waals surface area contributed by atoms with Gasteiger partial charge in [0.2, 0.25) is 0 Å². The molecule has 0 bridgehead atoms. The minimum Gasteiger partial charge on any atom is -0.476 e. The van der Waals surface area contributed by atoms with Crippen LogP contribution in [0.5, 0.6) is 0 Å². The Morgan fingerprint density at radius 3 is 1.26 bits per heavy atom. The number of nitrogens with one attached hydrogen (secondary N) is 2. The van der Waals surface area contributed by atoms with Gasteiger partial charge >= 0.3 is 18.3 Å². The first-order valence-electron chi connectivity index (χ1n) is 15.6. The third-order valence-electron chi connectivity index (χ3n) is 7.42. The second-order valence-corrected chi connectivity index (χ2v) is 13.3. The number of carbonyl (C=O) groups is 4. The number of alkyl halides is 6. The lowest BCUT2D eigenvalue weighted by Crippen LogP contribution is -2.16. The van der Waals surface area contributed by atoms with Crippen molar-refractivity contribution in [2.24, 2.45) is 5.73 Å². The zero-order valence-corrected chi connectivity index (χ0v) is 29.9. The maximum absolute atomic E-state index is 13.7. The van der Waals surface area contributed by atoms with Crippen LogP contribution in [0.25, 0.3) is 20.9 Å². The Bertz CT molecular complexity index is 2360. The van der Waals surface area contributed by atoms with E-state index in [-0.39, 0.29) is 31.1 Å². The first-order chi connectivity index (χ1) is 27.1. The number of anilines is 2. The van der Waals surface area contributed by atoms with Gasteiger partial charge in [0.15, 0.2) is 16.0 Å². The van der Waals surface area contributed by atoms with Crippen LogP contribution in [-0.4, -0.2) is 38.8 Å². The summed E-state index contributed by atoms with van der Waals surface area (Å²) in [5.41, 5.74) is 0.391. The molecule has 6 rings (SSSR count). The fourth-order valence-electron chi connectivity index (χ4n) is 4.87. The Morgan fingerprint density at radius 2 is 0.914 bits per heavy atom. The molecule has 2 aromatic heterocycles. The standard InChI is InChI=1S/C18H10F5N3O2S.C18H9F5N2O3S/c19-10-5-2-6-11(20)12(10)16(28)26-17-25-13(15(24)27)14(29-17)8-3-1-4-9(7-8)18(21,22)23;19-10-5-2-6-11(20)12(10)15(26)25-17-24-13(16(27)28)14(29-17)8-3-1-4-9(7-8)18(21,22)23/h1-7H,(H2,24,27)(H,25,26,28);1-7H,(H,27,28)(H,24,25,26). The number of benzene rings is 4. The van der Waals surface area contributed by atoms with Crippen molar-refractivity contribution in [3.05, 3.63) is 142 Å². The summed E-state index contributed by atoms with van der Waals surface area (Å²) in [5, 5.41) is 12.9. The number of carboxylic acid groups (broad SMARTS) is 1. The summed E-state index contributed by atoms with van der Waals surface area (Å²) >= 11 is 1.20. The Kier molecular flexibility index (Phi) is 12.3. The molecule has 0 aliphatic heterocycles. The first-order valence-corrected chi connectivity index (χ1v) is 17.2. The third-order valence-corrected chi connectivity index (χ3v) is 9.45. The third kappa shape index (κ3) is 9.64. The number of amides is 3. The van der Waals surface area contributed by atoms with Gasteiger partial charge in [-0.3, -0.25) is 25.0 Å². The summed E-state index contributed by atoms with van der Waals surface area (Å²) in [5.74, 6) is -9.52. The summed E-state index contributed by atoms with van der Waals surface area (Å²) in [6.45, 7) is 0. The topological polar surface area (TPSA) is 164 Å². The molecule has 6 aromatic rings. The molecule has 10 nitrogen and oxygen atoms in total. The van der Waals surface area contributed by atoms with Gasteiger partial charge in [-0.05, 0) is 59.7 Å². The van der Waals surface area contributed by atoms with Gasteiger partial charge in [0.05, 0.1) is 20.9 Å². The first kappa shape index (κ1) is 42.5. The maximum atomic E-state index is 13.7. The van der Waals surface area contributed by atoms with Crippen LogP contribution >= 0.6 is 22.7 Å². The fraction of sp³-hybridized carbons (Fsp3) is 0.0556. The highest BCUT2D eigenvalue weighted by atomic mass is 32.1. The zero-order valence-electron chi connectivity index (χ0n) is 28.2. The number of aromatic nitrogens is 2. The number of rotatable bonds is 8. The van der Waals surface area contributed by atoms with Crippen molar-refractivity contribution in [3.8, 4) is 20.9 Å². The Morgan fingerprint density at radius 1 is 0.569 bits per heavy atom. The SMILES string of the molecule is NC(=O)c1nc(NC(=O)c2c(F)cccc2F)sc1-c1cccc(C(F)(F)F)c1.O=C(O)c1nc(NC(=O)c2c(F)cccc2F)sc1-c1cccc(C(F)(F)F)c1. The molecular weight excluding hydrogens is 837 g/mol. The monoisotopic (exact) mass is 855 g/mol. The minimum absolute atomic E-state index is 0.0105. The highest BCUT2D eigenvalue weighted by molar-refractivity contribution is 7.19. The zero-order chi connectivity index (χ0) is 42.7. The van der Waals surface area contributed by atoms with E-state index < -0.39 is 93.0 Å². The van der Waals surface area contributed by atoms with Crippen molar-refractivity contribution in [3.63, 3.8) is 0 Å². The molecule has 4 aromatic carbocycles. The number of carboxylic acids is 1. The van der Waals surface area contributed by atoms with E-state index in [4.69, 9.17) is 5.73 Å². The summed E-state index contributed by atoms with van der Waals surface area (Å²) in [6, 6.07) is 13.6. The van der Waals surface area contributed by atoms with Gasteiger partial charge in [-0.2, -0.15) is 26.3 Å². The van der Waals surface area contributed by atoms with Crippen molar-refractivity contribution >= 4 is 56.6 Å². The number of halogens is 10. The van der Waals surface area contributed by atoms with Gasteiger partial charge in [0.1, 0.15) is 40.1 Å². The molecule has 0 saturated heterocycles. The van der Waals surface area contributed by atoms with Crippen LogP contribution in [0.4, 0.5) is 54.2 Å². The van der Waals surface area contributed by atoms with Crippen molar-refractivity contribution < 1.29 is 68.2 Å². The van der Waals surface area contributed by atoms with Crippen LogP contribution < -0.4 is 16.4 Å². The molecule has 3 amide bonds. The van der Waals surface area contributed by atoms with E-state index in [2.05, 4.69) is 20.6 Å². The summed E-state index contributed by atoms with van der Waals surface area (Å²) < 4.78 is 133. The van der Waals surface area contributed by atoms with Crippen molar-refractivity contribution in [2.45, 2.75) is 12.4 Å². The van der Waals surface area contributed by atoms with Crippen molar-refractivity contribution in [2.75, 3.05) is 10.6 Å².